The van der Waals surface area contributed by atoms with Gasteiger partial charge in [0.15, 0.2) is 0 Å². The molecule has 0 amide bonds. The molecule has 2 nitrogen and oxygen atoms in total. The predicted molar refractivity (Wildman–Crippen MR) is 93.3 cm³/mol. The molecule has 2 heterocycles. The zero-order valence-electron chi connectivity index (χ0n) is 15.4. The van der Waals surface area contributed by atoms with Gasteiger partial charge in [0.05, 0.1) is 0 Å². The van der Waals surface area contributed by atoms with E-state index in [2.05, 4.69) is 48.1 Å². The van der Waals surface area contributed by atoms with Crippen LogP contribution in [0, 0.1) is 41.5 Å². The fourth-order valence-electron chi connectivity index (χ4n) is 2.09. The summed E-state index contributed by atoms with van der Waals surface area (Å²) in [4.78, 5) is 8.47. The van der Waals surface area contributed by atoms with Crippen molar-refractivity contribution in [2.45, 2.75) is 41.5 Å². The number of pyridine rings is 2. The SMILES string of the molecule is Cc1cc(C)nc(C)c1.Cc1cc(C)nc(C)c1.F[P-](F)(F)(F)(F)F.[IH2+]. The minimum atomic E-state index is -10.7. The van der Waals surface area contributed by atoms with Crippen LogP contribution in [0.1, 0.15) is 33.9 Å². The third kappa shape index (κ3) is 21.1. The van der Waals surface area contributed by atoms with E-state index in [9.17, 15) is 25.2 Å². The van der Waals surface area contributed by atoms with Crippen LogP contribution in [0.15, 0.2) is 24.3 Å². The van der Waals surface area contributed by atoms with Gasteiger partial charge >= 0.3 is 33.0 Å². The molecule has 2 aromatic heterocycles. The fourth-order valence-corrected chi connectivity index (χ4v) is 2.09. The van der Waals surface area contributed by atoms with E-state index in [1.807, 2.05) is 27.7 Å². The van der Waals surface area contributed by atoms with Gasteiger partial charge in [-0.1, -0.05) is 0 Å². The second kappa shape index (κ2) is 8.82. The smallest absolute Gasteiger partial charge is 0.235 e. The van der Waals surface area contributed by atoms with Gasteiger partial charge in [-0.05, 0) is 76.9 Å². The Morgan fingerprint density at radius 3 is 0.808 bits per heavy atom. The molecule has 0 fully saturated rings. The summed E-state index contributed by atoms with van der Waals surface area (Å²) in [5.74, 6) is 0. The Bertz CT molecular complexity index is 571. The van der Waals surface area contributed by atoms with Gasteiger partial charge in [0.25, 0.3) is 0 Å². The minimum absolute atomic E-state index is 0. The van der Waals surface area contributed by atoms with Gasteiger partial charge in [-0.25, -0.2) is 0 Å². The van der Waals surface area contributed by atoms with Crippen LogP contribution in [0.3, 0.4) is 0 Å². The Balaban J connectivity index is 0. The van der Waals surface area contributed by atoms with Gasteiger partial charge in [0, 0.05) is 22.8 Å². The van der Waals surface area contributed by atoms with Gasteiger partial charge in [-0.15, -0.1) is 0 Å². The average molecular weight is 516 g/mol. The maximum atomic E-state index is 9.87. The minimum Gasteiger partial charge on any atom is 0.235 e. The molecule has 0 aliphatic heterocycles. The van der Waals surface area contributed by atoms with Gasteiger partial charge < -0.3 is 0 Å². The molecule has 2 rings (SSSR count). The van der Waals surface area contributed by atoms with Crippen LogP contribution in [0.25, 0.3) is 0 Å². The van der Waals surface area contributed by atoms with Crippen molar-refractivity contribution in [3.8, 4) is 0 Å². The number of hydrogen-bond donors (Lipinski definition) is 0. The van der Waals surface area contributed by atoms with Crippen molar-refractivity contribution in [1.29, 1.82) is 0 Å². The summed E-state index contributed by atoms with van der Waals surface area (Å²) in [6.07, 6.45) is 0. The van der Waals surface area contributed by atoms with Crippen LogP contribution in [0.5, 0.6) is 0 Å². The zero-order chi connectivity index (χ0) is 20.1. The van der Waals surface area contributed by atoms with Gasteiger partial charge in [-0.2, -0.15) is 0 Å². The molecule has 0 radical (unpaired) electrons. The van der Waals surface area contributed by atoms with E-state index >= 15 is 0 Å². The zero-order valence-corrected chi connectivity index (χ0v) is 18.8. The number of aromatic nitrogens is 2. The molecule has 0 aliphatic rings. The summed E-state index contributed by atoms with van der Waals surface area (Å²) in [6.45, 7) is 12.2. The largest absolute Gasteiger partial charge is 0.235 e. The van der Waals surface area contributed by atoms with Gasteiger partial charge in [0.1, 0.15) is 0 Å². The summed E-state index contributed by atoms with van der Waals surface area (Å²) < 4.78 is 59.2. The molecule has 0 spiro atoms. The second-order valence-corrected chi connectivity index (χ2v) is 7.73. The first-order chi connectivity index (χ1) is 10.8. The van der Waals surface area contributed by atoms with E-state index in [1.165, 1.54) is 11.1 Å². The van der Waals surface area contributed by atoms with Crippen LogP contribution in [-0.4, -0.2) is 9.97 Å². The summed E-state index contributed by atoms with van der Waals surface area (Å²) in [6, 6.07) is 8.31. The van der Waals surface area contributed by atoms with Crippen molar-refractivity contribution in [3.63, 3.8) is 0 Å². The molecule has 0 atom stereocenters. The second-order valence-electron chi connectivity index (χ2n) is 5.81. The normalized spacial score (nSPS) is 12.9. The molecule has 0 aliphatic carbocycles. The topological polar surface area (TPSA) is 25.8 Å². The van der Waals surface area contributed by atoms with E-state index in [1.54, 1.807) is 0 Å². The molecule has 0 saturated heterocycles. The van der Waals surface area contributed by atoms with Crippen LogP contribution in [0.2, 0.25) is 0 Å². The third-order valence-electron chi connectivity index (χ3n) is 2.45. The number of nitrogens with zero attached hydrogens (tertiary/aromatic N) is 2. The fraction of sp³-hybridized carbons (Fsp3) is 0.375. The number of halogens is 7. The van der Waals surface area contributed by atoms with E-state index in [-0.39, 0.29) is 24.0 Å². The molecule has 0 unspecified atom stereocenters. The van der Waals surface area contributed by atoms with Crippen molar-refractivity contribution in [3.05, 3.63) is 58.2 Å². The average Bonchev–Trinajstić information content (AvgIpc) is 2.19. The van der Waals surface area contributed by atoms with E-state index in [4.69, 9.17) is 0 Å². The monoisotopic (exact) mass is 516 g/mol. The predicted octanol–water partition coefficient (Wildman–Crippen LogP) is 3.86. The molecular formula is C16H24F6IN2P. The van der Waals surface area contributed by atoms with E-state index in [0.717, 1.165) is 22.8 Å². The summed E-state index contributed by atoms with van der Waals surface area (Å²) in [5, 5.41) is 0. The quantitative estimate of drug-likeness (QED) is 0.302. The molecule has 26 heavy (non-hydrogen) atoms. The van der Waals surface area contributed by atoms with Crippen LogP contribution < -0.4 is 24.0 Å². The van der Waals surface area contributed by atoms with Crippen molar-refractivity contribution in [2.75, 3.05) is 0 Å². The first-order valence-corrected chi connectivity index (χ1v) is 9.25. The molecular weight excluding hydrogens is 492 g/mol. The van der Waals surface area contributed by atoms with Crippen molar-refractivity contribution in [2.24, 2.45) is 0 Å². The molecule has 152 valence electrons. The Labute approximate surface area is 166 Å². The number of rotatable bonds is 0. The maximum Gasteiger partial charge on any atom is 0.235 e. The maximum absolute atomic E-state index is 10.7. The van der Waals surface area contributed by atoms with Gasteiger partial charge in [0.2, 0.25) is 24.0 Å². The third-order valence-corrected chi connectivity index (χ3v) is 2.45. The molecule has 2 aromatic rings. The van der Waals surface area contributed by atoms with Crippen LogP contribution in [0.4, 0.5) is 25.2 Å². The van der Waals surface area contributed by atoms with E-state index in [0.29, 0.717) is 0 Å². The number of hydrogen-bond acceptors (Lipinski definition) is 2. The summed E-state index contributed by atoms with van der Waals surface area (Å²) >= 11 is 0. The van der Waals surface area contributed by atoms with Gasteiger partial charge in [-0.3, -0.25) is 9.97 Å². The van der Waals surface area contributed by atoms with Crippen molar-refractivity contribution in [1.82, 2.24) is 9.97 Å². The number of aryl methyl sites for hydroxylation is 6. The molecule has 10 heteroatoms. The summed E-state index contributed by atoms with van der Waals surface area (Å²) in [7, 11) is -10.7. The van der Waals surface area contributed by atoms with Crippen LogP contribution >= 0.6 is 7.81 Å². The van der Waals surface area contributed by atoms with Crippen LogP contribution in [-0.2, 0) is 0 Å². The molecule has 0 N–H and O–H groups in total. The van der Waals surface area contributed by atoms with Crippen molar-refractivity contribution >= 4 is 7.81 Å². The molecule has 0 bridgehead atoms. The Morgan fingerprint density at radius 1 is 0.538 bits per heavy atom. The first-order valence-electron chi connectivity index (χ1n) is 7.22. The van der Waals surface area contributed by atoms with E-state index < -0.39 is 7.81 Å². The molecule has 0 aromatic carbocycles. The Kier molecular flexibility index (Phi) is 9.25. The Morgan fingerprint density at radius 2 is 0.692 bits per heavy atom. The standard InChI is InChI=1S/2C8H11N.F6P.H2I/c2*1-6-4-7(2)9-8(3)5-6;1-7(2,3,4,5)6;/h2*4-5H,1-3H3;;1H2/q;;-1;+1. The molecule has 0 saturated carbocycles. The Hall–Kier alpha value is -0.960. The summed E-state index contributed by atoms with van der Waals surface area (Å²) in [5.41, 5.74) is 7.00. The first kappa shape index (κ1) is 27.3. The van der Waals surface area contributed by atoms with Crippen molar-refractivity contribution < 1.29 is 49.2 Å².